The molecule has 0 bridgehead atoms. The molecule has 0 aliphatic heterocycles. The van der Waals surface area contributed by atoms with E-state index < -0.39 is 38.7 Å². The maximum absolute atomic E-state index is 13.2. The first-order valence-corrected chi connectivity index (χ1v) is 48.5. The van der Waals surface area contributed by atoms with Crippen LogP contribution in [0.2, 0.25) is 19.6 Å². The van der Waals surface area contributed by atoms with Crippen LogP contribution in [0.4, 0.5) is 26.3 Å². The molecule has 4 aliphatic carbocycles. The van der Waals surface area contributed by atoms with Crippen LogP contribution in [-0.2, 0) is 37.9 Å². The molecule has 115 heavy (non-hydrogen) atoms. The first-order chi connectivity index (χ1) is 52.2. The zero-order valence-corrected chi connectivity index (χ0v) is 81.9. The highest BCUT2D eigenvalue weighted by atomic mass is 28.3. The van der Waals surface area contributed by atoms with Crippen molar-refractivity contribution >= 4 is 13.3 Å². The van der Waals surface area contributed by atoms with Crippen LogP contribution in [0.25, 0.3) is 0 Å². The van der Waals surface area contributed by atoms with Gasteiger partial charge in [-0.2, -0.15) is 26.3 Å². The molecule has 0 nitrogen and oxygen atoms in total. The molecule has 0 aromatic heterocycles. The number of hydrogen-bond acceptors (Lipinski definition) is 0. The lowest BCUT2D eigenvalue weighted by atomic mass is 9.67. The van der Waals surface area contributed by atoms with E-state index in [1.807, 2.05) is 26.0 Å². The SMILES string of the molecule is CCC(C)(CC)c1cc(C)c(C)c(C(C)(C)C)c1.Cc1cc(C2CCC(C(F)(F)F)(C(F)(F)F)CC2)cc(C(C)(C)C)c1C.Cc1cc(C2CCC(C)(C)CC2)cc(C(C)(C)C)c1C.Cc1cc(C2CCCC2)cc(C(C)(C)C)c1C.Cc1cc(C2CCCCC2)cc(C(C)(C)C)c1C.Cc1cc([Si](C)(C)C)cc(C(C)(C)C)c1C. The van der Waals surface area contributed by atoms with Crippen LogP contribution in [0.3, 0.4) is 0 Å². The van der Waals surface area contributed by atoms with Gasteiger partial charge in [-0.25, -0.2) is 0 Å². The average Bonchev–Trinajstić information content (AvgIpc) is 0.789. The van der Waals surface area contributed by atoms with Gasteiger partial charge in [-0.1, -0.05) is 289 Å². The molecule has 4 fully saturated rings. The van der Waals surface area contributed by atoms with Gasteiger partial charge in [0.15, 0.2) is 5.41 Å². The predicted octanol–water partition coefficient (Wildman–Crippen LogP) is 34.4. The largest absolute Gasteiger partial charge is 0.403 e. The summed E-state index contributed by atoms with van der Waals surface area (Å²) in [6.07, 6.45) is 8.01. The molecule has 10 rings (SSSR count). The molecule has 0 spiro atoms. The number of alkyl halides is 6. The van der Waals surface area contributed by atoms with E-state index in [1.165, 1.54) is 174 Å². The molecule has 0 unspecified atom stereocenters. The maximum atomic E-state index is 13.2. The van der Waals surface area contributed by atoms with Crippen molar-refractivity contribution in [2.75, 3.05) is 0 Å². The third-order valence-electron chi connectivity index (χ3n) is 28.2. The molecule has 0 heterocycles. The van der Waals surface area contributed by atoms with E-state index in [0.29, 0.717) is 10.8 Å². The zero-order chi connectivity index (χ0) is 88.1. The van der Waals surface area contributed by atoms with Crippen molar-refractivity contribution in [3.8, 4) is 0 Å². The summed E-state index contributed by atoms with van der Waals surface area (Å²) in [5.74, 6) is 2.16. The molecule has 4 saturated carbocycles. The van der Waals surface area contributed by atoms with E-state index >= 15 is 0 Å². The van der Waals surface area contributed by atoms with Crippen LogP contribution < -0.4 is 5.19 Å². The molecule has 0 saturated heterocycles. The standard InChI is InChI=1S/C20H26F6.C20H32.C18H28.C18H30.C17H26.C15H26Si/c1-12-10-15(11-16(13(12)2)17(3,4)5)14-6-8-18(9-7-14,19(21,22)23)20(24,25)26;1-14-12-17(13-18(15(14)2)19(3,4)5)16-8-10-20(6,7)11-9-16;1-13-11-16(15-9-7-6-8-10-15)12-17(14(13)2)18(3,4)5;1-9-18(8,10-2)15-11-13(3)14(4)16(12-15)17(5,6)7;1-12-10-15(14-8-6-7-9-14)11-16(13(12)2)17(3,4)5;1-11-9-13(16(6,7)8)10-14(12(11)2)15(3,4)5/h10-11,14H,6-9H2,1-5H3;12-13,16H,8-11H2,1-7H3;11-12,15H,6-10H2,1-5H3;11-12H,9-10H2,1-8H3;10-11,14H,6-9H2,1-5H3;9-10H,1-8H3. The van der Waals surface area contributed by atoms with Gasteiger partial charge >= 0.3 is 12.4 Å². The monoisotopic (exact) mass is 1610 g/mol. The fourth-order valence-corrected chi connectivity index (χ4v) is 20.2. The normalized spacial score (nSPS) is 17.2. The van der Waals surface area contributed by atoms with Gasteiger partial charge in [0.2, 0.25) is 0 Å². The van der Waals surface area contributed by atoms with Gasteiger partial charge in [0, 0.05) is 0 Å². The average molecular weight is 1610 g/mol. The lowest BCUT2D eigenvalue weighted by molar-refractivity contribution is -0.350. The fraction of sp³-hybridized carbons (Fsp3) is 0.667. The molecule has 0 amide bonds. The number of hydrogen-bond donors (Lipinski definition) is 0. The quantitative estimate of drug-likeness (QED) is 0.105. The minimum absolute atomic E-state index is 0.106. The first kappa shape index (κ1) is 101. The van der Waals surface area contributed by atoms with Crippen LogP contribution in [0.5, 0.6) is 0 Å². The highest BCUT2D eigenvalue weighted by Gasteiger charge is 2.70. The van der Waals surface area contributed by atoms with Crippen molar-refractivity contribution in [2.24, 2.45) is 10.8 Å². The van der Waals surface area contributed by atoms with Crippen molar-refractivity contribution in [3.63, 3.8) is 0 Å². The van der Waals surface area contributed by atoms with Crippen LogP contribution in [0.15, 0.2) is 72.8 Å². The summed E-state index contributed by atoms with van der Waals surface area (Å²) in [7, 11) is -1.20. The van der Waals surface area contributed by atoms with E-state index in [2.05, 4.69) is 309 Å². The van der Waals surface area contributed by atoms with Gasteiger partial charge in [-0.3, -0.25) is 0 Å². The summed E-state index contributed by atoms with van der Waals surface area (Å²) in [6.45, 7) is 86.7. The Morgan fingerprint density at radius 1 is 0.296 bits per heavy atom. The van der Waals surface area contributed by atoms with Gasteiger partial charge in [-0.05, 0) is 368 Å². The molecule has 4 aliphatic rings. The van der Waals surface area contributed by atoms with Crippen molar-refractivity contribution in [1.82, 2.24) is 0 Å². The summed E-state index contributed by atoms with van der Waals surface area (Å²) >= 11 is 0. The van der Waals surface area contributed by atoms with E-state index in [0.717, 1.165) is 40.0 Å². The summed E-state index contributed by atoms with van der Waals surface area (Å²) in [6, 6.07) is 28.4. The van der Waals surface area contributed by atoms with Gasteiger partial charge in [0.05, 0.1) is 8.07 Å². The Morgan fingerprint density at radius 2 is 0.522 bits per heavy atom. The molecule has 0 atom stereocenters. The summed E-state index contributed by atoms with van der Waals surface area (Å²) in [5.41, 5.74) is 31.2. The predicted molar refractivity (Wildman–Crippen MR) is 496 cm³/mol. The van der Waals surface area contributed by atoms with Gasteiger partial charge in [0.1, 0.15) is 0 Å². The van der Waals surface area contributed by atoms with Gasteiger partial charge < -0.3 is 0 Å². The third kappa shape index (κ3) is 26.3. The summed E-state index contributed by atoms with van der Waals surface area (Å²) in [5, 5.41) is 1.58. The summed E-state index contributed by atoms with van der Waals surface area (Å²) < 4.78 is 79.4. The topological polar surface area (TPSA) is 0 Å². The molecule has 7 heteroatoms. The highest BCUT2D eigenvalue weighted by molar-refractivity contribution is 6.88. The lowest BCUT2D eigenvalue weighted by Crippen LogP contribution is -2.51. The van der Waals surface area contributed by atoms with Crippen LogP contribution >= 0.6 is 0 Å². The Kier molecular flexibility index (Phi) is 33.7. The summed E-state index contributed by atoms with van der Waals surface area (Å²) in [4.78, 5) is 0. The van der Waals surface area contributed by atoms with Crippen LogP contribution in [-0.4, -0.2) is 20.4 Å². The molecule has 0 N–H and O–H groups in total. The first-order valence-electron chi connectivity index (χ1n) is 45.0. The Morgan fingerprint density at radius 3 is 0.774 bits per heavy atom. The van der Waals surface area contributed by atoms with Crippen LogP contribution in [0.1, 0.15) is 433 Å². The van der Waals surface area contributed by atoms with E-state index in [4.69, 9.17) is 0 Å². The Bertz CT molecular complexity index is 4130. The molecule has 0 radical (unpaired) electrons. The van der Waals surface area contributed by atoms with Crippen molar-refractivity contribution in [3.05, 3.63) is 201 Å². The smallest absolute Gasteiger partial charge is 0.170 e. The van der Waals surface area contributed by atoms with Crippen molar-refractivity contribution in [2.45, 2.75) is 458 Å². The zero-order valence-electron chi connectivity index (χ0n) is 80.9. The Hall–Kier alpha value is -4.88. The number of halogens is 6. The molecular weight excluding hydrogens is 1440 g/mol. The third-order valence-corrected chi connectivity index (χ3v) is 30.2. The number of aryl methyl sites for hydroxylation is 6. The van der Waals surface area contributed by atoms with Crippen molar-refractivity contribution in [1.29, 1.82) is 0 Å². The minimum atomic E-state index is -5.27. The number of benzene rings is 6. The second kappa shape index (κ2) is 38.5. The molecule has 646 valence electrons. The molecule has 6 aromatic carbocycles. The second-order valence-electron chi connectivity index (χ2n) is 45.1. The maximum Gasteiger partial charge on any atom is 0.403 e. The van der Waals surface area contributed by atoms with Crippen LogP contribution in [0, 0.1) is 93.9 Å². The molecule has 6 aromatic rings. The van der Waals surface area contributed by atoms with E-state index in [9.17, 15) is 26.3 Å². The van der Waals surface area contributed by atoms with E-state index in [-0.39, 0.29) is 51.2 Å². The van der Waals surface area contributed by atoms with E-state index in [1.54, 1.807) is 33.0 Å². The minimum Gasteiger partial charge on any atom is -0.170 e. The lowest BCUT2D eigenvalue weighted by Gasteiger charge is -2.42. The van der Waals surface area contributed by atoms with Crippen molar-refractivity contribution < 1.29 is 26.3 Å². The fourth-order valence-electron chi connectivity index (χ4n) is 18.9. The Labute approximate surface area is 704 Å². The highest BCUT2D eigenvalue weighted by Crippen LogP contribution is 2.60. The Balaban J connectivity index is 0.000000248. The van der Waals surface area contributed by atoms with Gasteiger partial charge in [0.25, 0.3) is 0 Å². The second-order valence-corrected chi connectivity index (χ2v) is 50.2. The van der Waals surface area contributed by atoms with Gasteiger partial charge in [-0.15, -0.1) is 0 Å². The molecular formula is C108H168F6Si. The number of rotatable bonds is 8.